The van der Waals surface area contributed by atoms with Crippen LogP contribution >= 0.6 is 0 Å². The van der Waals surface area contributed by atoms with Gasteiger partial charge in [0.15, 0.2) is 0 Å². The van der Waals surface area contributed by atoms with Crippen LogP contribution in [-0.4, -0.2) is 28.0 Å². The molecular formula is C28H32O6. The number of hydrogen-bond acceptors (Lipinski definition) is 6. The lowest BCUT2D eigenvalue weighted by atomic mass is 9.86. The van der Waals surface area contributed by atoms with E-state index in [1.807, 2.05) is 13.8 Å². The highest BCUT2D eigenvalue weighted by Gasteiger charge is 2.45. The molecule has 0 amide bonds. The molecule has 0 saturated heterocycles. The van der Waals surface area contributed by atoms with Crippen LogP contribution in [0.4, 0.5) is 0 Å². The van der Waals surface area contributed by atoms with Crippen LogP contribution in [0, 0.1) is 5.92 Å². The summed E-state index contributed by atoms with van der Waals surface area (Å²) in [5.74, 6) is -0.343. The van der Waals surface area contributed by atoms with Gasteiger partial charge >= 0.3 is 0 Å². The molecule has 2 aromatic carbocycles. The summed E-state index contributed by atoms with van der Waals surface area (Å²) in [6, 6.07) is 6.27. The van der Waals surface area contributed by atoms with Gasteiger partial charge in [-0.3, -0.25) is 4.79 Å². The molecule has 6 nitrogen and oxygen atoms in total. The number of benzene rings is 2. The van der Waals surface area contributed by atoms with Crippen molar-refractivity contribution in [3.63, 3.8) is 0 Å². The summed E-state index contributed by atoms with van der Waals surface area (Å²) < 4.78 is 11.8. The molecule has 2 atom stereocenters. The Morgan fingerprint density at radius 2 is 1.88 bits per heavy atom. The van der Waals surface area contributed by atoms with Gasteiger partial charge in [0, 0.05) is 18.6 Å². The molecule has 1 aliphatic rings. The van der Waals surface area contributed by atoms with Gasteiger partial charge in [0.05, 0.1) is 17.3 Å². The van der Waals surface area contributed by atoms with Crippen molar-refractivity contribution >= 4 is 11.0 Å². The zero-order chi connectivity index (χ0) is 24.8. The van der Waals surface area contributed by atoms with Gasteiger partial charge in [0.25, 0.3) is 0 Å². The van der Waals surface area contributed by atoms with E-state index in [2.05, 4.69) is 6.08 Å². The van der Waals surface area contributed by atoms with Crippen molar-refractivity contribution in [1.29, 1.82) is 0 Å². The highest BCUT2D eigenvalue weighted by molar-refractivity contribution is 5.92. The average molecular weight is 465 g/mol. The zero-order valence-corrected chi connectivity index (χ0v) is 20.3. The van der Waals surface area contributed by atoms with Crippen molar-refractivity contribution in [1.82, 2.24) is 0 Å². The van der Waals surface area contributed by atoms with E-state index in [4.69, 9.17) is 9.15 Å². The number of ether oxygens (including phenoxy) is 1. The van der Waals surface area contributed by atoms with E-state index in [0.29, 0.717) is 35.1 Å². The van der Waals surface area contributed by atoms with Crippen LogP contribution in [0.15, 0.2) is 51.4 Å². The van der Waals surface area contributed by atoms with Gasteiger partial charge in [0.2, 0.25) is 5.43 Å². The standard InChI is InChI=1S/C28H32O6/c1-15(2)7-6-8-18-19-13-21(28(3,4)32)27(33-5)22(19)25(31)23-24(30)20(14-34-26(18)23)16-9-11-17(29)12-10-16/h7,9-12,14,21,27,29,31-32H,6,8,13H2,1-5H3. The molecule has 2 unspecified atom stereocenters. The monoisotopic (exact) mass is 464 g/mol. The van der Waals surface area contributed by atoms with E-state index in [1.165, 1.54) is 24.0 Å². The van der Waals surface area contributed by atoms with Crippen molar-refractivity contribution in [2.45, 2.75) is 58.7 Å². The Bertz CT molecular complexity index is 1300. The third kappa shape index (κ3) is 4.12. The highest BCUT2D eigenvalue weighted by Crippen LogP contribution is 2.51. The molecule has 34 heavy (non-hydrogen) atoms. The number of rotatable bonds is 6. The van der Waals surface area contributed by atoms with Gasteiger partial charge in [-0.15, -0.1) is 0 Å². The SMILES string of the molecule is COC1c2c(c(CCC=C(C)C)c3occ(-c4ccc(O)cc4)c(=O)c3c2O)CC1C(C)(C)O. The fourth-order valence-corrected chi connectivity index (χ4v) is 5.06. The van der Waals surface area contributed by atoms with Gasteiger partial charge in [-0.1, -0.05) is 23.8 Å². The van der Waals surface area contributed by atoms with Crippen molar-refractivity contribution in [2.75, 3.05) is 7.11 Å². The number of phenolic OH excluding ortho intramolecular Hbond substituents is 2. The predicted octanol–water partition coefficient (Wildman–Crippen LogP) is 5.40. The minimum Gasteiger partial charge on any atom is -0.508 e. The lowest BCUT2D eigenvalue weighted by Gasteiger charge is -2.30. The van der Waals surface area contributed by atoms with Crippen LogP contribution in [0.5, 0.6) is 11.5 Å². The second-order valence-corrected chi connectivity index (χ2v) is 9.89. The second-order valence-electron chi connectivity index (χ2n) is 9.89. The Balaban J connectivity index is 2.01. The van der Waals surface area contributed by atoms with E-state index in [9.17, 15) is 20.1 Å². The number of aromatic hydroxyl groups is 2. The number of aryl methyl sites for hydroxylation is 1. The fraction of sp³-hybridized carbons (Fsp3) is 0.393. The quantitative estimate of drug-likeness (QED) is 0.422. The Kier molecular flexibility index (Phi) is 6.32. The molecule has 3 N–H and O–H groups in total. The molecule has 0 spiro atoms. The number of fused-ring (bicyclic) bond motifs is 2. The van der Waals surface area contributed by atoms with Crippen molar-refractivity contribution in [3.05, 3.63) is 69.1 Å². The first kappa shape index (κ1) is 24.0. The first-order valence-corrected chi connectivity index (χ1v) is 11.5. The summed E-state index contributed by atoms with van der Waals surface area (Å²) in [5, 5.41) is 32.0. The molecular weight excluding hydrogens is 432 g/mol. The number of allylic oxidation sites excluding steroid dienone is 2. The molecule has 0 fully saturated rings. The van der Waals surface area contributed by atoms with Crippen molar-refractivity contribution < 1.29 is 24.5 Å². The maximum Gasteiger partial charge on any atom is 0.204 e. The summed E-state index contributed by atoms with van der Waals surface area (Å²) in [5.41, 5.74) is 3.35. The molecule has 3 aromatic rings. The Morgan fingerprint density at radius 1 is 1.21 bits per heavy atom. The summed E-state index contributed by atoms with van der Waals surface area (Å²) in [6.45, 7) is 7.55. The average Bonchev–Trinajstić information content (AvgIpc) is 3.17. The van der Waals surface area contributed by atoms with E-state index in [-0.39, 0.29) is 28.2 Å². The number of methoxy groups -OCH3 is 1. The summed E-state index contributed by atoms with van der Waals surface area (Å²) in [6.07, 6.45) is 4.88. The van der Waals surface area contributed by atoms with E-state index >= 15 is 0 Å². The molecule has 0 aliphatic heterocycles. The van der Waals surface area contributed by atoms with E-state index < -0.39 is 11.7 Å². The smallest absolute Gasteiger partial charge is 0.204 e. The van der Waals surface area contributed by atoms with Gasteiger partial charge in [-0.25, -0.2) is 0 Å². The largest absolute Gasteiger partial charge is 0.508 e. The van der Waals surface area contributed by atoms with Crippen LogP contribution < -0.4 is 5.43 Å². The lowest BCUT2D eigenvalue weighted by Crippen LogP contribution is -2.34. The van der Waals surface area contributed by atoms with Crippen molar-refractivity contribution in [2.24, 2.45) is 5.92 Å². The van der Waals surface area contributed by atoms with Crippen LogP contribution in [0.3, 0.4) is 0 Å². The summed E-state index contributed by atoms with van der Waals surface area (Å²) in [7, 11) is 1.56. The Morgan fingerprint density at radius 3 is 2.47 bits per heavy atom. The molecule has 6 heteroatoms. The minimum absolute atomic E-state index is 0.0942. The molecule has 1 aromatic heterocycles. The molecule has 0 radical (unpaired) electrons. The third-order valence-electron chi connectivity index (χ3n) is 6.81. The number of aliphatic hydroxyl groups is 1. The van der Waals surface area contributed by atoms with Crippen LogP contribution in [-0.2, 0) is 17.6 Å². The topological polar surface area (TPSA) is 100 Å². The van der Waals surface area contributed by atoms with Crippen molar-refractivity contribution in [3.8, 4) is 22.6 Å². The molecule has 0 bridgehead atoms. The Labute approximate surface area is 199 Å². The summed E-state index contributed by atoms with van der Waals surface area (Å²) >= 11 is 0. The van der Waals surface area contributed by atoms with Gasteiger partial charge in [-0.05, 0) is 75.8 Å². The zero-order valence-electron chi connectivity index (χ0n) is 20.3. The summed E-state index contributed by atoms with van der Waals surface area (Å²) in [4.78, 5) is 13.7. The first-order valence-electron chi connectivity index (χ1n) is 11.5. The second kappa shape index (κ2) is 8.93. The molecule has 1 aliphatic carbocycles. The van der Waals surface area contributed by atoms with Crippen LogP contribution in [0.25, 0.3) is 22.1 Å². The number of hydrogen-bond donors (Lipinski definition) is 3. The number of phenols is 2. The maximum absolute atomic E-state index is 13.7. The first-order chi connectivity index (χ1) is 16.0. The third-order valence-corrected chi connectivity index (χ3v) is 6.81. The van der Waals surface area contributed by atoms with E-state index in [0.717, 1.165) is 17.5 Å². The molecule has 0 saturated carbocycles. The van der Waals surface area contributed by atoms with Crippen LogP contribution in [0.2, 0.25) is 0 Å². The predicted molar refractivity (Wildman–Crippen MR) is 132 cm³/mol. The molecule has 1 heterocycles. The Hall–Kier alpha value is -3.09. The normalized spacial score (nSPS) is 17.7. The molecule has 180 valence electrons. The van der Waals surface area contributed by atoms with Crippen LogP contribution in [0.1, 0.15) is 56.9 Å². The van der Waals surface area contributed by atoms with Gasteiger partial charge in [-0.2, -0.15) is 0 Å². The minimum atomic E-state index is -1.05. The maximum atomic E-state index is 13.7. The van der Waals surface area contributed by atoms with E-state index in [1.54, 1.807) is 33.1 Å². The van der Waals surface area contributed by atoms with Gasteiger partial charge < -0.3 is 24.5 Å². The lowest BCUT2D eigenvalue weighted by molar-refractivity contribution is -0.0555. The van der Waals surface area contributed by atoms with Gasteiger partial charge in [0.1, 0.15) is 28.7 Å². The molecule has 4 rings (SSSR count). The highest BCUT2D eigenvalue weighted by atomic mass is 16.5. The fourth-order valence-electron chi connectivity index (χ4n) is 5.06.